The number of hydrogen-bond acceptors (Lipinski definition) is 5. The highest BCUT2D eigenvalue weighted by Gasteiger charge is 2.34. The molecular weight excluding hydrogens is 366 g/mol. The molecule has 2 N–H and O–H groups in total. The van der Waals surface area contributed by atoms with E-state index in [1.807, 2.05) is 32.0 Å². The average Bonchev–Trinajstić information content (AvgIpc) is 3.00. The number of para-hydroxylation sites is 2. The molecule has 27 heavy (non-hydrogen) atoms. The molecule has 8 heteroatoms. The molecule has 2 fully saturated rings. The van der Waals surface area contributed by atoms with Crippen molar-refractivity contribution in [2.45, 2.75) is 32.4 Å². The summed E-state index contributed by atoms with van der Waals surface area (Å²) in [7, 11) is -2.98. The second kappa shape index (κ2) is 8.48. The largest absolute Gasteiger partial charge is 0.492 e. The first kappa shape index (κ1) is 19.9. The van der Waals surface area contributed by atoms with Crippen LogP contribution in [0.25, 0.3) is 0 Å². The zero-order chi connectivity index (χ0) is 19.4. The summed E-state index contributed by atoms with van der Waals surface area (Å²) in [4.78, 5) is 16.1. The van der Waals surface area contributed by atoms with Gasteiger partial charge in [0.2, 0.25) is 0 Å². The number of sulfone groups is 1. The minimum absolute atomic E-state index is 0.0460. The van der Waals surface area contributed by atoms with Crippen LogP contribution in [0.2, 0.25) is 0 Å². The molecule has 2 atom stereocenters. The van der Waals surface area contributed by atoms with Crippen LogP contribution in [0, 0.1) is 0 Å². The van der Waals surface area contributed by atoms with Crippen molar-refractivity contribution in [2.24, 2.45) is 0 Å². The van der Waals surface area contributed by atoms with Gasteiger partial charge in [-0.25, -0.2) is 8.42 Å². The van der Waals surface area contributed by atoms with Crippen LogP contribution >= 0.6 is 0 Å². The molecule has 150 valence electrons. The fraction of sp³-hybridized carbons (Fsp3) is 0.632. The summed E-state index contributed by atoms with van der Waals surface area (Å²) < 4.78 is 28.9. The first-order chi connectivity index (χ1) is 12.9. The van der Waals surface area contributed by atoms with E-state index in [2.05, 4.69) is 16.3 Å². The smallest absolute Gasteiger partial charge is 0.278 e. The van der Waals surface area contributed by atoms with Gasteiger partial charge in [0, 0.05) is 6.04 Å². The number of hydrogen-bond donors (Lipinski definition) is 2. The van der Waals surface area contributed by atoms with Gasteiger partial charge < -0.3 is 19.9 Å². The third-order valence-corrected chi connectivity index (χ3v) is 7.26. The maximum absolute atomic E-state index is 12.5. The number of nitrogens with one attached hydrogen (secondary N) is 2. The number of quaternary nitrogens is 1. The van der Waals surface area contributed by atoms with E-state index < -0.39 is 9.84 Å². The molecule has 1 aromatic carbocycles. The Labute approximate surface area is 161 Å². The van der Waals surface area contributed by atoms with Gasteiger partial charge in [0.05, 0.1) is 50.0 Å². The van der Waals surface area contributed by atoms with Gasteiger partial charge >= 0.3 is 0 Å². The number of nitrogens with zero attached hydrogens (tertiary/aromatic N) is 1. The highest BCUT2D eigenvalue weighted by atomic mass is 32.2. The zero-order valence-electron chi connectivity index (χ0n) is 16.1. The van der Waals surface area contributed by atoms with Crippen molar-refractivity contribution in [1.29, 1.82) is 0 Å². The number of carbonyl (C=O) groups is 1. The minimum atomic E-state index is -2.98. The van der Waals surface area contributed by atoms with Gasteiger partial charge in [0.15, 0.2) is 15.9 Å². The summed E-state index contributed by atoms with van der Waals surface area (Å²) in [5.41, 5.74) is 1.10. The van der Waals surface area contributed by atoms with E-state index >= 15 is 0 Å². The number of benzene rings is 1. The van der Waals surface area contributed by atoms with Crippen LogP contribution in [-0.4, -0.2) is 70.7 Å². The van der Waals surface area contributed by atoms with Crippen LogP contribution in [0.1, 0.15) is 20.3 Å². The number of anilines is 1. The summed E-state index contributed by atoms with van der Waals surface area (Å²) in [6.45, 7) is 7.97. The zero-order valence-corrected chi connectivity index (χ0v) is 16.9. The van der Waals surface area contributed by atoms with Crippen LogP contribution in [-0.2, 0) is 14.6 Å². The molecule has 0 spiro atoms. The Hall–Kier alpha value is -1.80. The second-order valence-corrected chi connectivity index (χ2v) is 9.60. The van der Waals surface area contributed by atoms with Crippen molar-refractivity contribution in [2.75, 3.05) is 49.2 Å². The number of amides is 1. The Kier molecular flexibility index (Phi) is 6.26. The van der Waals surface area contributed by atoms with Gasteiger partial charge in [-0.1, -0.05) is 12.1 Å². The molecule has 0 radical (unpaired) electrons. The Morgan fingerprint density at radius 1 is 1.33 bits per heavy atom. The molecule has 0 saturated carbocycles. The predicted molar refractivity (Wildman–Crippen MR) is 105 cm³/mol. The van der Waals surface area contributed by atoms with E-state index in [1.54, 1.807) is 0 Å². The van der Waals surface area contributed by atoms with Crippen molar-refractivity contribution in [3.05, 3.63) is 24.3 Å². The number of ether oxygens (including phenoxy) is 1. The lowest BCUT2D eigenvalue weighted by Crippen LogP contribution is -3.19. The van der Waals surface area contributed by atoms with E-state index in [4.69, 9.17) is 4.74 Å². The van der Waals surface area contributed by atoms with Crippen LogP contribution in [0.3, 0.4) is 0 Å². The monoisotopic (exact) mass is 396 g/mol. The lowest BCUT2D eigenvalue weighted by atomic mass is 10.1. The quantitative estimate of drug-likeness (QED) is 0.677. The molecule has 2 saturated heterocycles. The maximum atomic E-state index is 12.5. The molecule has 0 unspecified atom stereocenters. The van der Waals surface area contributed by atoms with Crippen LogP contribution < -0.4 is 19.9 Å². The topological polar surface area (TPSA) is 80.2 Å². The van der Waals surface area contributed by atoms with Crippen LogP contribution in [0.4, 0.5) is 5.69 Å². The fourth-order valence-corrected chi connectivity index (χ4v) is 5.56. The fourth-order valence-electron chi connectivity index (χ4n) is 3.88. The molecule has 3 rings (SSSR count). The summed E-state index contributed by atoms with van der Waals surface area (Å²) in [6, 6.07) is 7.64. The summed E-state index contributed by atoms with van der Waals surface area (Å²) in [5, 5.41) is 2.93. The van der Waals surface area contributed by atoms with Crippen LogP contribution in [0.15, 0.2) is 24.3 Å². The molecular formula is C19H30N3O4S+. The summed E-state index contributed by atoms with van der Waals surface area (Å²) in [5.74, 6) is 1.10. The normalized spacial score (nSPS) is 23.8. The van der Waals surface area contributed by atoms with E-state index in [0.29, 0.717) is 13.0 Å². The van der Waals surface area contributed by atoms with Crippen molar-refractivity contribution in [3.63, 3.8) is 0 Å². The first-order valence-corrected chi connectivity index (χ1v) is 11.5. The minimum Gasteiger partial charge on any atom is -0.492 e. The van der Waals surface area contributed by atoms with Gasteiger partial charge in [-0.2, -0.15) is 0 Å². The van der Waals surface area contributed by atoms with Crippen LogP contribution in [0.5, 0.6) is 5.75 Å². The lowest BCUT2D eigenvalue weighted by molar-refractivity contribution is -0.914. The van der Waals surface area contributed by atoms with Gasteiger partial charge in [0.25, 0.3) is 5.91 Å². The summed E-state index contributed by atoms with van der Waals surface area (Å²) in [6.07, 6.45) is 0.526. The van der Waals surface area contributed by atoms with Crippen molar-refractivity contribution >= 4 is 21.4 Å². The van der Waals surface area contributed by atoms with E-state index in [-0.39, 0.29) is 29.5 Å². The van der Waals surface area contributed by atoms with Crippen molar-refractivity contribution < 1.29 is 22.8 Å². The van der Waals surface area contributed by atoms with Gasteiger partial charge in [-0.05, 0) is 32.4 Å². The Balaban J connectivity index is 1.53. The maximum Gasteiger partial charge on any atom is 0.278 e. The SMILES string of the molecule is CCOc1ccccc1N1CC[NH+]([C@H](C)C(=O)N[C@@H]2CCS(=O)(=O)C2)CC1. The van der Waals surface area contributed by atoms with E-state index in [9.17, 15) is 13.2 Å². The van der Waals surface area contributed by atoms with Gasteiger partial charge in [-0.15, -0.1) is 0 Å². The van der Waals surface area contributed by atoms with Gasteiger partial charge in [0.1, 0.15) is 5.75 Å². The average molecular weight is 397 g/mol. The molecule has 1 amide bonds. The summed E-state index contributed by atoms with van der Waals surface area (Å²) >= 11 is 0. The molecule has 2 aliphatic rings. The van der Waals surface area contributed by atoms with E-state index in [0.717, 1.165) is 37.6 Å². The van der Waals surface area contributed by atoms with Crippen molar-refractivity contribution in [3.8, 4) is 5.75 Å². The molecule has 0 aromatic heterocycles. The Morgan fingerprint density at radius 2 is 2.04 bits per heavy atom. The van der Waals surface area contributed by atoms with E-state index in [1.165, 1.54) is 4.90 Å². The third kappa shape index (κ3) is 4.93. The molecule has 2 heterocycles. The van der Waals surface area contributed by atoms with Gasteiger partial charge in [-0.3, -0.25) is 4.79 Å². The molecule has 0 bridgehead atoms. The highest BCUT2D eigenvalue weighted by Crippen LogP contribution is 2.27. The third-order valence-electron chi connectivity index (χ3n) is 5.50. The highest BCUT2D eigenvalue weighted by molar-refractivity contribution is 7.91. The second-order valence-electron chi connectivity index (χ2n) is 7.38. The molecule has 2 aliphatic heterocycles. The molecule has 7 nitrogen and oxygen atoms in total. The Bertz CT molecular complexity index is 760. The van der Waals surface area contributed by atoms with Crippen molar-refractivity contribution in [1.82, 2.24) is 5.32 Å². The molecule has 1 aromatic rings. The standard InChI is InChI=1S/C19H29N3O4S/c1-3-26-18-7-5-4-6-17(18)22-11-9-21(10-12-22)15(2)19(23)20-16-8-13-27(24,25)14-16/h4-7,15-16H,3,8-14H2,1-2H3,(H,20,23)/p+1/t15-,16-/m1/s1. The molecule has 0 aliphatic carbocycles. The predicted octanol–water partition coefficient (Wildman–Crippen LogP) is -0.518. The lowest BCUT2D eigenvalue weighted by Gasteiger charge is -2.36. The Morgan fingerprint density at radius 3 is 2.67 bits per heavy atom. The number of rotatable bonds is 6. The number of carbonyl (C=O) groups excluding carboxylic acids is 1. The first-order valence-electron chi connectivity index (χ1n) is 9.72. The number of piperazine rings is 1.